The molecule has 82 valence electrons. The molecule has 0 bridgehead atoms. The van der Waals surface area contributed by atoms with Crippen LogP contribution in [0.1, 0.15) is 0 Å². The second-order valence-corrected chi connectivity index (χ2v) is 5.51. The standard InChI is InChI=1S/C11H16N2S2/c1-12-6-8-7-15-11-5-9(14-2)3-4-10(11)13-8/h3-5,8,12-13H,6-7H2,1-2H3. The Hall–Kier alpha value is -0.320. The maximum absolute atomic E-state index is 3.56. The average Bonchev–Trinajstić information content (AvgIpc) is 2.29. The summed E-state index contributed by atoms with van der Waals surface area (Å²) in [5, 5.41) is 6.77. The van der Waals surface area contributed by atoms with Crippen molar-refractivity contribution in [2.24, 2.45) is 0 Å². The number of thioether (sulfide) groups is 2. The highest BCUT2D eigenvalue weighted by molar-refractivity contribution is 8.00. The summed E-state index contributed by atoms with van der Waals surface area (Å²) in [7, 11) is 2.00. The highest BCUT2D eigenvalue weighted by Crippen LogP contribution is 2.35. The highest BCUT2D eigenvalue weighted by atomic mass is 32.2. The lowest BCUT2D eigenvalue weighted by atomic mass is 10.2. The molecule has 1 aromatic carbocycles. The van der Waals surface area contributed by atoms with E-state index in [1.54, 1.807) is 11.8 Å². The lowest BCUT2D eigenvalue weighted by Crippen LogP contribution is -2.35. The van der Waals surface area contributed by atoms with Crippen LogP contribution in [-0.4, -0.2) is 31.6 Å². The molecule has 1 aliphatic rings. The Balaban J connectivity index is 2.13. The summed E-state index contributed by atoms with van der Waals surface area (Å²) >= 11 is 3.75. The van der Waals surface area contributed by atoms with E-state index >= 15 is 0 Å². The van der Waals surface area contributed by atoms with Gasteiger partial charge in [0.25, 0.3) is 0 Å². The van der Waals surface area contributed by atoms with Crippen LogP contribution in [0.25, 0.3) is 0 Å². The molecule has 0 radical (unpaired) electrons. The molecular formula is C11H16N2S2. The van der Waals surface area contributed by atoms with Gasteiger partial charge in [0.1, 0.15) is 0 Å². The molecule has 0 spiro atoms. The van der Waals surface area contributed by atoms with Crippen molar-refractivity contribution >= 4 is 29.2 Å². The fourth-order valence-corrected chi connectivity index (χ4v) is 3.27. The van der Waals surface area contributed by atoms with Crippen molar-refractivity contribution in [1.29, 1.82) is 0 Å². The van der Waals surface area contributed by atoms with E-state index in [1.165, 1.54) is 15.5 Å². The molecule has 0 amide bonds. The average molecular weight is 240 g/mol. The van der Waals surface area contributed by atoms with Crippen LogP contribution in [0.3, 0.4) is 0 Å². The van der Waals surface area contributed by atoms with Crippen LogP contribution in [0.5, 0.6) is 0 Å². The lowest BCUT2D eigenvalue weighted by Gasteiger charge is -2.26. The number of likely N-dealkylation sites (N-methyl/N-ethyl adjacent to an activating group) is 1. The Morgan fingerprint density at radius 1 is 1.60 bits per heavy atom. The van der Waals surface area contributed by atoms with Crippen LogP contribution in [0.4, 0.5) is 5.69 Å². The van der Waals surface area contributed by atoms with Crippen LogP contribution in [0.15, 0.2) is 28.0 Å². The van der Waals surface area contributed by atoms with Gasteiger partial charge in [0.15, 0.2) is 0 Å². The number of nitrogens with one attached hydrogen (secondary N) is 2. The number of hydrogen-bond acceptors (Lipinski definition) is 4. The Morgan fingerprint density at radius 3 is 3.20 bits per heavy atom. The van der Waals surface area contributed by atoms with E-state index in [9.17, 15) is 0 Å². The van der Waals surface area contributed by atoms with E-state index in [0.29, 0.717) is 6.04 Å². The molecule has 4 heteroatoms. The summed E-state index contributed by atoms with van der Waals surface area (Å²) in [4.78, 5) is 2.73. The second-order valence-electron chi connectivity index (χ2n) is 3.57. The number of fused-ring (bicyclic) bond motifs is 1. The first-order chi connectivity index (χ1) is 7.33. The number of benzene rings is 1. The third kappa shape index (κ3) is 2.62. The van der Waals surface area contributed by atoms with Crippen LogP contribution in [-0.2, 0) is 0 Å². The number of hydrogen-bond donors (Lipinski definition) is 2. The molecule has 2 N–H and O–H groups in total. The van der Waals surface area contributed by atoms with Gasteiger partial charge in [-0.25, -0.2) is 0 Å². The van der Waals surface area contributed by atoms with Gasteiger partial charge in [-0.1, -0.05) is 0 Å². The number of rotatable bonds is 3. The van der Waals surface area contributed by atoms with Crippen molar-refractivity contribution in [1.82, 2.24) is 5.32 Å². The molecule has 1 aromatic rings. The van der Waals surface area contributed by atoms with Crippen molar-refractivity contribution < 1.29 is 0 Å². The van der Waals surface area contributed by atoms with Gasteiger partial charge in [-0.05, 0) is 31.5 Å². The predicted molar refractivity (Wildman–Crippen MR) is 70.3 cm³/mol. The van der Waals surface area contributed by atoms with Gasteiger partial charge in [0.05, 0.1) is 0 Å². The minimum atomic E-state index is 0.549. The zero-order valence-corrected chi connectivity index (χ0v) is 10.7. The minimum absolute atomic E-state index is 0.549. The van der Waals surface area contributed by atoms with Crippen molar-refractivity contribution in [3.8, 4) is 0 Å². The number of anilines is 1. The molecule has 0 aliphatic carbocycles. The Morgan fingerprint density at radius 2 is 2.47 bits per heavy atom. The van der Waals surface area contributed by atoms with E-state index in [2.05, 4.69) is 35.1 Å². The summed E-state index contributed by atoms with van der Waals surface area (Å²) in [6.07, 6.45) is 2.12. The summed E-state index contributed by atoms with van der Waals surface area (Å²) in [6, 6.07) is 7.19. The van der Waals surface area contributed by atoms with Crippen LogP contribution in [0, 0.1) is 0 Å². The molecule has 0 fully saturated rings. The molecule has 0 aromatic heterocycles. The van der Waals surface area contributed by atoms with Gasteiger partial charge in [-0.2, -0.15) is 0 Å². The first-order valence-corrected chi connectivity index (χ1v) is 7.26. The fourth-order valence-electron chi connectivity index (χ4n) is 1.68. The van der Waals surface area contributed by atoms with Crippen LogP contribution in [0.2, 0.25) is 0 Å². The van der Waals surface area contributed by atoms with E-state index in [4.69, 9.17) is 0 Å². The quantitative estimate of drug-likeness (QED) is 0.793. The van der Waals surface area contributed by atoms with Crippen LogP contribution < -0.4 is 10.6 Å². The van der Waals surface area contributed by atoms with Gasteiger partial charge in [-0.15, -0.1) is 23.5 Å². The summed E-state index contributed by atoms with van der Waals surface area (Å²) in [5.41, 5.74) is 1.28. The van der Waals surface area contributed by atoms with E-state index in [1.807, 2.05) is 18.8 Å². The minimum Gasteiger partial charge on any atom is -0.379 e. The topological polar surface area (TPSA) is 24.1 Å². The maximum Gasteiger partial charge on any atom is 0.0482 e. The first kappa shape index (κ1) is 11.2. The molecule has 1 aliphatic heterocycles. The third-order valence-corrected chi connectivity index (χ3v) is 4.38. The van der Waals surface area contributed by atoms with E-state index < -0.39 is 0 Å². The highest BCUT2D eigenvalue weighted by Gasteiger charge is 2.17. The van der Waals surface area contributed by atoms with Crippen molar-refractivity contribution in [3.05, 3.63) is 18.2 Å². The summed E-state index contributed by atoms with van der Waals surface area (Å²) in [5.74, 6) is 1.14. The zero-order chi connectivity index (χ0) is 10.7. The monoisotopic (exact) mass is 240 g/mol. The Labute approximate surface area is 99.6 Å². The van der Waals surface area contributed by atoms with Crippen molar-refractivity contribution in [3.63, 3.8) is 0 Å². The smallest absolute Gasteiger partial charge is 0.0482 e. The molecular weight excluding hydrogens is 224 g/mol. The molecule has 0 saturated heterocycles. The fraction of sp³-hybridized carbons (Fsp3) is 0.455. The molecule has 1 atom stereocenters. The summed E-state index contributed by atoms with van der Waals surface area (Å²) in [6.45, 7) is 1.02. The van der Waals surface area contributed by atoms with Gasteiger partial charge in [0.2, 0.25) is 0 Å². The zero-order valence-electron chi connectivity index (χ0n) is 9.04. The first-order valence-electron chi connectivity index (χ1n) is 5.05. The SMILES string of the molecule is CNCC1CSc2cc(SC)ccc2N1. The Kier molecular flexibility index (Phi) is 3.83. The third-order valence-electron chi connectivity index (χ3n) is 2.44. The molecule has 2 rings (SSSR count). The molecule has 15 heavy (non-hydrogen) atoms. The van der Waals surface area contributed by atoms with Gasteiger partial charge in [0, 0.05) is 33.8 Å². The maximum atomic E-state index is 3.56. The second kappa shape index (κ2) is 5.14. The van der Waals surface area contributed by atoms with Crippen LogP contribution >= 0.6 is 23.5 Å². The largest absolute Gasteiger partial charge is 0.379 e. The molecule has 1 unspecified atom stereocenters. The van der Waals surface area contributed by atoms with Crippen molar-refractivity contribution in [2.45, 2.75) is 15.8 Å². The van der Waals surface area contributed by atoms with E-state index in [-0.39, 0.29) is 0 Å². The van der Waals surface area contributed by atoms with Gasteiger partial charge >= 0.3 is 0 Å². The molecule has 0 saturated carbocycles. The normalized spacial score (nSPS) is 19.5. The van der Waals surface area contributed by atoms with Crippen molar-refractivity contribution in [2.75, 3.05) is 30.9 Å². The predicted octanol–water partition coefficient (Wildman–Crippen LogP) is 2.51. The Bertz CT molecular complexity index is 341. The molecule has 2 nitrogen and oxygen atoms in total. The molecule has 1 heterocycles. The van der Waals surface area contributed by atoms with Gasteiger partial charge < -0.3 is 10.6 Å². The summed E-state index contributed by atoms with van der Waals surface area (Å²) < 4.78 is 0. The van der Waals surface area contributed by atoms with Gasteiger partial charge in [-0.3, -0.25) is 0 Å². The van der Waals surface area contributed by atoms with E-state index in [0.717, 1.165) is 12.3 Å². The lowest BCUT2D eigenvalue weighted by molar-refractivity contribution is 0.701.